The molecule has 0 saturated carbocycles. The minimum Gasteiger partial charge on any atom is -0.394 e. The first-order valence-corrected chi connectivity index (χ1v) is 4.76. The first-order valence-electron chi connectivity index (χ1n) is 4.76. The molecule has 0 aliphatic rings. The van der Waals surface area contributed by atoms with Gasteiger partial charge in [0.05, 0.1) is 12.7 Å². The van der Waals surface area contributed by atoms with Gasteiger partial charge >= 0.3 is 0 Å². The highest BCUT2D eigenvalue weighted by Crippen LogP contribution is 1.98. The molecule has 0 aromatic carbocycles. The largest absolute Gasteiger partial charge is 0.394 e. The molecule has 0 aliphatic heterocycles. The quantitative estimate of drug-likeness (QED) is 0.495. The molecule has 1 atom stereocenters. The molecule has 0 rings (SSSR count). The Labute approximate surface area is 79.0 Å². The maximum absolute atomic E-state index is 10.8. The summed E-state index contributed by atoms with van der Waals surface area (Å²) in [6.07, 6.45) is 2.17. The molecule has 0 spiro atoms. The van der Waals surface area contributed by atoms with Crippen molar-refractivity contribution in [2.24, 2.45) is 0 Å². The van der Waals surface area contributed by atoms with Gasteiger partial charge in [-0.05, 0) is 19.3 Å². The first kappa shape index (κ1) is 12.4. The highest BCUT2D eigenvalue weighted by molar-refractivity contribution is 5.75. The van der Waals surface area contributed by atoms with E-state index in [2.05, 4.69) is 5.32 Å². The van der Waals surface area contributed by atoms with Crippen LogP contribution in [-0.4, -0.2) is 35.4 Å². The van der Waals surface area contributed by atoms with Crippen molar-refractivity contribution in [3.05, 3.63) is 0 Å². The topological polar surface area (TPSA) is 69.6 Å². The van der Waals surface area contributed by atoms with Crippen molar-refractivity contribution in [3.63, 3.8) is 0 Å². The van der Waals surface area contributed by atoms with Gasteiger partial charge in [-0.1, -0.05) is 6.92 Å². The molecule has 0 saturated heterocycles. The van der Waals surface area contributed by atoms with Crippen LogP contribution >= 0.6 is 0 Å². The molecule has 1 amide bonds. The second kappa shape index (κ2) is 8.01. The second-order valence-corrected chi connectivity index (χ2v) is 3.04. The normalized spacial score (nSPS) is 12.5. The van der Waals surface area contributed by atoms with E-state index in [-0.39, 0.29) is 12.5 Å². The zero-order chi connectivity index (χ0) is 10.1. The van der Waals surface area contributed by atoms with Crippen LogP contribution < -0.4 is 5.32 Å². The molecule has 0 fully saturated rings. The van der Waals surface area contributed by atoms with E-state index in [1.54, 1.807) is 0 Å². The fourth-order valence-electron chi connectivity index (χ4n) is 0.949. The molecule has 4 nitrogen and oxygen atoms in total. The van der Waals surface area contributed by atoms with Gasteiger partial charge in [-0.2, -0.15) is 0 Å². The van der Waals surface area contributed by atoms with Gasteiger partial charge in [-0.15, -0.1) is 0 Å². The Kier molecular flexibility index (Phi) is 7.63. The number of rotatable bonds is 7. The third kappa shape index (κ3) is 7.74. The monoisotopic (exact) mass is 189 g/mol. The van der Waals surface area contributed by atoms with Gasteiger partial charge in [0.1, 0.15) is 0 Å². The molecule has 78 valence electrons. The van der Waals surface area contributed by atoms with E-state index in [0.29, 0.717) is 19.4 Å². The Morgan fingerprint density at radius 2 is 2.15 bits per heavy atom. The van der Waals surface area contributed by atoms with E-state index in [0.717, 1.165) is 12.8 Å². The van der Waals surface area contributed by atoms with Gasteiger partial charge in [0, 0.05) is 13.0 Å². The third-order valence-electron chi connectivity index (χ3n) is 1.82. The Morgan fingerprint density at radius 3 is 2.69 bits per heavy atom. The summed E-state index contributed by atoms with van der Waals surface area (Å²) in [5.41, 5.74) is 0. The number of amides is 1. The lowest BCUT2D eigenvalue weighted by atomic mass is 10.1. The van der Waals surface area contributed by atoms with Gasteiger partial charge in [0.2, 0.25) is 5.91 Å². The number of nitrogens with one attached hydrogen (secondary N) is 1. The summed E-state index contributed by atoms with van der Waals surface area (Å²) in [7, 11) is 0. The zero-order valence-corrected chi connectivity index (χ0v) is 8.12. The predicted octanol–water partition coefficient (Wildman–Crippen LogP) is 0.0361. The van der Waals surface area contributed by atoms with E-state index in [1.807, 2.05) is 6.92 Å². The molecule has 0 bridgehead atoms. The molecule has 0 heterocycles. The summed E-state index contributed by atoms with van der Waals surface area (Å²) in [4.78, 5) is 10.8. The van der Waals surface area contributed by atoms with Crippen molar-refractivity contribution in [1.82, 2.24) is 5.32 Å². The highest BCUT2D eigenvalue weighted by atomic mass is 16.3. The van der Waals surface area contributed by atoms with Crippen LogP contribution in [-0.2, 0) is 4.79 Å². The number of hydrogen-bond acceptors (Lipinski definition) is 3. The van der Waals surface area contributed by atoms with Crippen molar-refractivity contribution in [3.8, 4) is 0 Å². The molecule has 0 aliphatic carbocycles. The molecule has 4 heteroatoms. The molecule has 0 aromatic rings. The Balaban J connectivity index is 3.12. The van der Waals surface area contributed by atoms with Crippen LogP contribution in [0.4, 0.5) is 0 Å². The van der Waals surface area contributed by atoms with Crippen LogP contribution in [0.15, 0.2) is 0 Å². The standard InChI is InChI=1S/C9H19NO3/c1-2-9(13)10-6-4-3-5-8(12)7-11/h8,11-12H,2-7H2,1H3,(H,10,13)/t8-/m0/s1. The summed E-state index contributed by atoms with van der Waals surface area (Å²) in [5.74, 6) is 0.0581. The SMILES string of the molecule is CCC(=O)NCCCC[C@H](O)CO. The minimum atomic E-state index is -0.609. The number of carbonyl (C=O) groups is 1. The van der Waals surface area contributed by atoms with Gasteiger partial charge in [-0.25, -0.2) is 0 Å². The van der Waals surface area contributed by atoms with Crippen molar-refractivity contribution in [2.75, 3.05) is 13.2 Å². The van der Waals surface area contributed by atoms with Gasteiger partial charge in [0.15, 0.2) is 0 Å². The van der Waals surface area contributed by atoms with Crippen LogP contribution in [0.2, 0.25) is 0 Å². The fraction of sp³-hybridized carbons (Fsp3) is 0.889. The maximum Gasteiger partial charge on any atom is 0.219 e. The van der Waals surface area contributed by atoms with E-state index < -0.39 is 6.10 Å². The smallest absolute Gasteiger partial charge is 0.219 e. The summed E-state index contributed by atoms with van der Waals surface area (Å²) >= 11 is 0. The Hall–Kier alpha value is -0.610. The van der Waals surface area contributed by atoms with Crippen LogP contribution in [0, 0.1) is 0 Å². The Morgan fingerprint density at radius 1 is 1.46 bits per heavy atom. The minimum absolute atomic E-state index is 0.0581. The molecular weight excluding hydrogens is 170 g/mol. The summed E-state index contributed by atoms with van der Waals surface area (Å²) in [6, 6.07) is 0. The van der Waals surface area contributed by atoms with Crippen molar-refractivity contribution >= 4 is 5.91 Å². The third-order valence-corrected chi connectivity index (χ3v) is 1.82. The molecule has 0 unspecified atom stereocenters. The average Bonchev–Trinajstić information content (AvgIpc) is 2.16. The van der Waals surface area contributed by atoms with Crippen LogP contribution in [0.5, 0.6) is 0 Å². The molecule has 13 heavy (non-hydrogen) atoms. The van der Waals surface area contributed by atoms with Gasteiger partial charge in [0.25, 0.3) is 0 Å². The average molecular weight is 189 g/mol. The van der Waals surface area contributed by atoms with E-state index >= 15 is 0 Å². The number of unbranched alkanes of at least 4 members (excludes halogenated alkanes) is 1. The number of carbonyl (C=O) groups excluding carboxylic acids is 1. The molecule has 0 aromatic heterocycles. The second-order valence-electron chi connectivity index (χ2n) is 3.04. The lowest BCUT2D eigenvalue weighted by Gasteiger charge is -2.06. The van der Waals surface area contributed by atoms with E-state index in [4.69, 9.17) is 10.2 Å². The maximum atomic E-state index is 10.8. The van der Waals surface area contributed by atoms with Gasteiger partial charge in [-0.3, -0.25) is 4.79 Å². The fourth-order valence-corrected chi connectivity index (χ4v) is 0.949. The summed E-state index contributed by atoms with van der Waals surface area (Å²) < 4.78 is 0. The van der Waals surface area contributed by atoms with Gasteiger partial charge < -0.3 is 15.5 Å². The lowest BCUT2D eigenvalue weighted by molar-refractivity contribution is -0.120. The molecule has 0 radical (unpaired) electrons. The van der Waals surface area contributed by atoms with Crippen LogP contribution in [0.3, 0.4) is 0 Å². The van der Waals surface area contributed by atoms with Crippen molar-refractivity contribution in [2.45, 2.75) is 38.7 Å². The van der Waals surface area contributed by atoms with Crippen LogP contribution in [0.25, 0.3) is 0 Å². The number of hydrogen-bond donors (Lipinski definition) is 3. The highest BCUT2D eigenvalue weighted by Gasteiger charge is 2.01. The number of aliphatic hydroxyl groups excluding tert-OH is 2. The molecule has 3 N–H and O–H groups in total. The van der Waals surface area contributed by atoms with E-state index in [1.165, 1.54) is 0 Å². The predicted molar refractivity (Wildman–Crippen MR) is 50.2 cm³/mol. The lowest BCUT2D eigenvalue weighted by Crippen LogP contribution is -2.23. The summed E-state index contributed by atoms with van der Waals surface area (Å²) in [6.45, 7) is 2.29. The van der Waals surface area contributed by atoms with E-state index in [9.17, 15) is 4.79 Å². The van der Waals surface area contributed by atoms with Crippen molar-refractivity contribution < 1.29 is 15.0 Å². The Bertz CT molecular complexity index is 139. The van der Waals surface area contributed by atoms with Crippen LogP contribution in [0.1, 0.15) is 32.6 Å². The molecular formula is C9H19NO3. The summed E-state index contributed by atoms with van der Waals surface area (Å²) in [5, 5.41) is 20.2. The first-order chi connectivity index (χ1) is 6.20. The number of aliphatic hydroxyl groups is 2. The zero-order valence-electron chi connectivity index (χ0n) is 8.12. The van der Waals surface area contributed by atoms with Crippen molar-refractivity contribution in [1.29, 1.82) is 0 Å².